The zero-order valence-corrected chi connectivity index (χ0v) is 19.9. The number of nitrogens with zero attached hydrogens (tertiary/aromatic N) is 2. The van der Waals surface area contributed by atoms with Crippen LogP contribution in [0.4, 0.5) is 5.69 Å². The highest BCUT2D eigenvalue weighted by Gasteiger charge is 2.29. The summed E-state index contributed by atoms with van der Waals surface area (Å²) in [5.74, 6) is -0.306. The molecule has 7 nitrogen and oxygen atoms in total. The highest BCUT2D eigenvalue weighted by atomic mass is 35.5. The topological polar surface area (TPSA) is 88.1 Å². The zero-order valence-electron chi connectivity index (χ0n) is 17.6. The summed E-state index contributed by atoms with van der Waals surface area (Å²) in [5.41, 5.74) is 3.30. The van der Waals surface area contributed by atoms with Crippen LogP contribution in [0.25, 0.3) is 0 Å². The number of sulfonamides is 1. The third-order valence-corrected chi connectivity index (χ3v) is 6.67. The molecule has 3 rings (SSSR count). The molecule has 0 bridgehead atoms. The number of carbonyl (C=O) groups excluding carboxylic acids is 1. The number of carbonyl (C=O) groups is 1. The van der Waals surface area contributed by atoms with Crippen molar-refractivity contribution < 1.29 is 17.9 Å². The number of anilines is 1. The first-order chi connectivity index (χ1) is 15.8. The summed E-state index contributed by atoms with van der Waals surface area (Å²) in [6.45, 7) is 1.59. The van der Waals surface area contributed by atoms with E-state index in [0.29, 0.717) is 28.0 Å². The Morgan fingerprint density at radius 2 is 1.61 bits per heavy atom. The lowest BCUT2D eigenvalue weighted by Gasteiger charge is -2.25. The Morgan fingerprint density at radius 1 is 1.00 bits per heavy atom. The first kappa shape index (κ1) is 24.6. The molecular formula is C23H21Cl2N3O4S. The molecule has 0 radical (unpaired) electrons. The molecule has 0 fully saturated rings. The number of hydrazone groups is 1. The van der Waals surface area contributed by atoms with Crippen LogP contribution in [-0.4, -0.2) is 33.7 Å². The van der Waals surface area contributed by atoms with E-state index in [4.69, 9.17) is 27.9 Å². The summed E-state index contributed by atoms with van der Waals surface area (Å²) in [6, 6.07) is 19.1. The van der Waals surface area contributed by atoms with E-state index in [2.05, 4.69) is 10.5 Å². The molecule has 0 spiro atoms. The minimum atomic E-state index is -4.12. The normalized spacial score (nSPS) is 11.4. The van der Waals surface area contributed by atoms with Crippen LogP contribution in [-0.2, 0) is 14.8 Å². The highest BCUT2D eigenvalue weighted by Crippen LogP contribution is 2.32. The fourth-order valence-electron chi connectivity index (χ4n) is 2.87. The quantitative estimate of drug-likeness (QED) is 0.336. The summed E-state index contributed by atoms with van der Waals surface area (Å²) in [4.78, 5) is 12.6. The van der Waals surface area contributed by atoms with Gasteiger partial charge in [-0.1, -0.05) is 47.5 Å². The van der Waals surface area contributed by atoms with E-state index in [1.54, 1.807) is 55.5 Å². The summed E-state index contributed by atoms with van der Waals surface area (Å²) < 4.78 is 33.5. The van der Waals surface area contributed by atoms with Crippen LogP contribution in [0.15, 0.2) is 82.8 Å². The largest absolute Gasteiger partial charge is 0.492 e. The van der Waals surface area contributed by atoms with E-state index in [0.717, 1.165) is 4.31 Å². The lowest BCUT2D eigenvalue weighted by molar-refractivity contribution is -0.119. The fraction of sp³-hybridized carbons (Fsp3) is 0.130. The van der Waals surface area contributed by atoms with Gasteiger partial charge in [0.2, 0.25) is 0 Å². The average Bonchev–Trinajstić information content (AvgIpc) is 2.80. The van der Waals surface area contributed by atoms with Crippen LogP contribution >= 0.6 is 23.2 Å². The number of rotatable bonds is 9. The predicted octanol–water partition coefficient (Wildman–Crippen LogP) is 4.74. The molecule has 1 N–H and O–H groups in total. The molecule has 0 aliphatic rings. The minimum absolute atomic E-state index is 0.0179. The molecule has 10 heteroatoms. The first-order valence-electron chi connectivity index (χ1n) is 9.89. The van der Waals surface area contributed by atoms with Gasteiger partial charge in [0.05, 0.1) is 23.4 Å². The van der Waals surface area contributed by atoms with Crippen molar-refractivity contribution in [3.8, 4) is 5.75 Å². The van der Waals surface area contributed by atoms with Gasteiger partial charge in [0, 0.05) is 10.0 Å². The number of amides is 1. The molecule has 1 amide bonds. The Hall–Kier alpha value is -3.07. The van der Waals surface area contributed by atoms with Crippen molar-refractivity contribution in [1.82, 2.24) is 5.43 Å². The van der Waals surface area contributed by atoms with E-state index in [-0.39, 0.29) is 10.6 Å². The standard InChI is InChI=1S/C23H21Cl2N3O4S/c1-2-32-22-6-4-3-5-21(22)28(33(30,31)20-13-11-19(25)12-14-20)16-23(29)27-26-15-17-7-9-18(24)10-8-17/h3-15H,2,16H2,1H3,(H,27,29)/b26-15-. The van der Waals surface area contributed by atoms with Gasteiger partial charge in [-0.15, -0.1) is 0 Å². The predicted molar refractivity (Wildman–Crippen MR) is 131 cm³/mol. The molecule has 33 heavy (non-hydrogen) atoms. The Labute approximate surface area is 202 Å². The molecule has 0 aliphatic carbocycles. The monoisotopic (exact) mass is 505 g/mol. The van der Waals surface area contributed by atoms with Crippen LogP contribution < -0.4 is 14.5 Å². The van der Waals surface area contributed by atoms with Gasteiger partial charge < -0.3 is 4.74 Å². The van der Waals surface area contributed by atoms with E-state index in [1.807, 2.05) is 0 Å². The fourth-order valence-corrected chi connectivity index (χ4v) is 4.55. The maximum Gasteiger partial charge on any atom is 0.264 e. The third-order valence-electron chi connectivity index (χ3n) is 4.40. The SMILES string of the molecule is CCOc1ccccc1N(CC(=O)N/N=C\c1ccc(Cl)cc1)S(=O)(=O)c1ccc(Cl)cc1. The highest BCUT2D eigenvalue weighted by molar-refractivity contribution is 7.92. The van der Waals surface area contributed by atoms with Crippen molar-refractivity contribution in [3.05, 3.63) is 88.4 Å². The maximum absolute atomic E-state index is 13.5. The van der Waals surface area contributed by atoms with E-state index in [1.165, 1.54) is 30.5 Å². The summed E-state index contributed by atoms with van der Waals surface area (Å²) in [5, 5.41) is 4.87. The number of benzene rings is 3. The summed E-state index contributed by atoms with van der Waals surface area (Å²) >= 11 is 11.8. The zero-order chi connectivity index (χ0) is 23.8. The van der Waals surface area contributed by atoms with E-state index in [9.17, 15) is 13.2 Å². The molecule has 172 valence electrons. The Balaban J connectivity index is 1.89. The van der Waals surface area contributed by atoms with Crippen LogP contribution in [0, 0.1) is 0 Å². The Morgan fingerprint density at radius 3 is 2.24 bits per heavy atom. The van der Waals surface area contributed by atoms with Crippen molar-refractivity contribution >= 4 is 51.0 Å². The summed E-state index contributed by atoms with van der Waals surface area (Å²) in [6.07, 6.45) is 1.43. The third kappa shape index (κ3) is 6.47. The van der Waals surface area contributed by atoms with E-state index < -0.39 is 22.5 Å². The van der Waals surface area contributed by atoms with Crippen LogP contribution in [0.5, 0.6) is 5.75 Å². The number of hydrogen-bond acceptors (Lipinski definition) is 5. The number of ether oxygens (including phenoxy) is 1. The molecule has 0 saturated carbocycles. The van der Waals surface area contributed by atoms with Gasteiger partial charge in [0.25, 0.3) is 15.9 Å². The van der Waals surface area contributed by atoms with Gasteiger partial charge in [-0.25, -0.2) is 13.8 Å². The second kappa shape index (κ2) is 11.2. The Kier molecular flexibility index (Phi) is 8.32. The smallest absolute Gasteiger partial charge is 0.264 e. The van der Waals surface area contributed by atoms with Gasteiger partial charge in [0.15, 0.2) is 0 Å². The second-order valence-electron chi connectivity index (χ2n) is 6.71. The maximum atomic E-state index is 13.5. The van der Waals surface area contributed by atoms with Crippen LogP contribution in [0.3, 0.4) is 0 Å². The number of nitrogens with one attached hydrogen (secondary N) is 1. The molecule has 0 heterocycles. The second-order valence-corrected chi connectivity index (χ2v) is 9.45. The van der Waals surface area contributed by atoms with Crippen molar-refractivity contribution in [3.63, 3.8) is 0 Å². The first-order valence-corrected chi connectivity index (χ1v) is 12.1. The molecule has 0 aromatic heterocycles. The average molecular weight is 506 g/mol. The van der Waals surface area contributed by atoms with Gasteiger partial charge >= 0.3 is 0 Å². The van der Waals surface area contributed by atoms with Crippen LogP contribution in [0.2, 0.25) is 10.0 Å². The van der Waals surface area contributed by atoms with Gasteiger partial charge in [-0.2, -0.15) is 5.10 Å². The number of para-hydroxylation sites is 2. The molecule has 3 aromatic rings. The van der Waals surface area contributed by atoms with Crippen molar-refractivity contribution in [2.24, 2.45) is 5.10 Å². The lowest BCUT2D eigenvalue weighted by atomic mass is 10.2. The molecule has 0 saturated heterocycles. The van der Waals surface area contributed by atoms with Crippen molar-refractivity contribution in [2.75, 3.05) is 17.5 Å². The Bertz CT molecular complexity index is 1230. The van der Waals surface area contributed by atoms with E-state index >= 15 is 0 Å². The minimum Gasteiger partial charge on any atom is -0.492 e. The molecular weight excluding hydrogens is 485 g/mol. The molecule has 3 aromatic carbocycles. The lowest BCUT2D eigenvalue weighted by Crippen LogP contribution is -2.39. The van der Waals surface area contributed by atoms with Crippen LogP contribution in [0.1, 0.15) is 12.5 Å². The number of hydrogen-bond donors (Lipinski definition) is 1. The summed E-state index contributed by atoms with van der Waals surface area (Å²) in [7, 11) is -4.12. The van der Waals surface area contributed by atoms with Crippen molar-refractivity contribution in [2.45, 2.75) is 11.8 Å². The van der Waals surface area contributed by atoms with Gasteiger partial charge in [-0.05, 0) is 61.0 Å². The molecule has 0 unspecified atom stereocenters. The van der Waals surface area contributed by atoms with Gasteiger partial charge in [-0.3, -0.25) is 9.10 Å². The number of halogens is 2. The molecule has 0 aliphatic heterocycles. The van der Waals surface area contributed by atoms with Gasteiger partial charge in [0.1, 0.15) is 12.3 Å². The van der Waals surface area contributed by atoms with Crippen molar-refractivity contribution in [1.29, 1.82) is 0 Å². The molecule has 0 atom stereocenters.